The van der Waals surface area contributed by atoms with Crippen LogP contribution in [0.2, 0.25) is 0 Å². The molecular formula is C22H23FN2O5S. The van der Waals surface area contributed by atoms with Gasteiger partial charge in [-0.25, -0.2) is 12.8 Å². The van der Waals surface area contributed by atoms with E-state index in [1.807, 2.05) is 0 Å². The van der Waals surface area contributed by atoms with Crippen molar-refractivity contribution in [2.45, 2.75) is 25.2 Å². The third kappa shape index (κ3) is 4.15. The number of hydrogen-bond donors (Lipinski definition) is 3. The van der Waals surface area contributed by atoms with E-state index in [0.717, 1.165) is 30.2 Å². The average Bonchev–Trinajstić information content (AvgIpc) is 3.46. The summed E-state index contributed by atoms with van der Waals surface area (Å²) in [7, 11) is -2.20. The molecular weight excluding hydrogens is 423 g/mol. The highest BCUT2D eigenvalue weighted by Crippen LogP contribution is 2.50. The molecule has 9 heteroatoms. The monoisotopic (exact) mass is 446 g/mol. The van der Waals surface area contributed by atoms with Gasteiger partial charge in [0.25, 0.3) is 5.91 Å². The van der Waals surface area contributed by atoms with Crippen molar-refractivity contribution in [3.8, 4) is 11.3 Å². The molecule has 0 radical (unpaired) electrons. The lowest BCUT2D eigenvalue weighted by atomic mass is 9.94. The number of rotatable bonds is 7. The van der Waals surface area contributed by atoms with Gasteiger partial charge in [0.05, 0.1) is 22.9 Å². The fraction of sp³-hybridized carbons (Fsp3) is 0.318. The number of nitrogens with one attached hydrogen (secondary N) is 2. The Bertz CT molecular complexity index is 1260. The minimum absolute atomic E-state index is 0.114. The Morgan fingerprint density at radius 3 is 2.48 bits per heavy atom. The fourth-order valence-corrected chi connectivity index (χ4v) is 4.52. The molecule has 0 bridgehead atoms. The molecule has 2 aromatic carbocycles. The molecule has 1 aromatic heterocycles. The Hall–Kier alpha value is -2.91. The molecule has 3 aromatic rings. The summed E-state index contributed by atoms with van der Waals surface area (Å²) in [6.07, 6.45) is 3.15. The zero-order valence-electron chi connectivity index (χ0n) is 17.2. The molecule has 7 nitrogen and oxygen atoms in total. The highest BCUT2D eigenvalue weighted by atomic mass is 32.2. The number of anilines is 1. The Morgan fingerprint density at radius 1 is 1.26 bits per heavy atom. The van der Waals surface area contributed by atoms with Crippen LogP contribution in [0.15, 0.2) is 34.7 Å². The van der Waals surface area contributed by atoms with E-state index >= 15 is 0 Å². The molecule has 3 N–H and O–H groups in total. The zero-order valence-corrected chi connectivity index (χ0v) is 18.0. The van der Waals surface area contributed by atoms with Gasteiger partial charge in [-0.1, -0.05) is 0 Å². The van der Waals surface area contributed by atoms with Gasteiger partial charge in [0.15, 0.2) is 0 Å². The molecule has 1 aliphatic rings. The van der Waals surface area contributed by atoms with Gasteiger partial charge < -0.3 is 14.8 Å². The van der Waals surface area contributed by atoms with Crippen LogP contribution in [-0.2, 0) is 16.4 Å². The number of carbonyl (C=O) groups excluding carboxylic acids is 1. The number of aliphatic hydroxyl groups is 1. The number of sulfonamides is 1. The number of aliphatic hydroxyl groups excluding tert-OH is 1. The molecule has 31 heavy (non-hydrogen) atoms. The maximum Gasteiger partial charge on any atom is 0.255 e. The van der Waals surface area contributed by atoms with E-state index in [2.05, 4.69) is 10.0 Å². The summed E-state index contributed by atoms with van der Waals surface area (Å²) in [5.74, 6) is -0.529. The lowest BCUT2D eigenvalue weighted by molar-refractivity contribution is 0.0964. The van der Waals surface area contributed by atoms with E-state index in [9.17, 15) is 22.7 Å². The summed E-state index contributed by atoms with van der Waals surface area (Å²) >= 11 is 0. The van der Waals surface area contributed by atoms with Crippen molar-refractivity contribution in [2.75, 3.05) is 24.6 Å². The Kier molecular flexibility index (Phi) is 5.49. The van der Waals surface area contributed by atoms with Gasteiger partial charge >= 0.3 is 0 Å². The minimum atomic E-state index is -3.67. The van der Waals surface area contributed by atoms with Crippen LogP contribution in [0.1, 0.15) is 40.2 Å². The molecule has 1 fully saturated rings. The summed E-state index contributed by atoms with van der Waals surface area (Å²) < 4.78 is 46.6. The Morgan fingerprint density at radius 2 is 1.94 bits per heavy atom. The minimum Gasteiger partial charge on any atom is -0.455 e. The van der Waals surface area contributed by atoms with Crippen molar-refractivity contribution in [2.24, 2.45) is 0 Å². The Balaban J connectivity index is 2.11. The van der Waals surface area contributed by atoms with Crippen molar-refractivity contribution < 1.29 is 27.1 Å². The molecule has 1 amide bonds. The van der Waals surface area contributed by atoms with Crippen molar-refractivity contribution in [1.29, 1.82) is 0 Å². The lowest BCUT2D eigenvalue weighted by Crippen LogP contribution is -2.19. The quantitative estimate of drug-likeness (QED) is 0.516. The number of halogens is 1. The van der Waals surface area contributed by atoms with E-state index in [4.69, 9.17) is 4.42 Å². The standard InChI is InChI=1S/C22H23FN2O5S/c1-24-22(27)19-18-16(30-21(19)13-5-7-15(23)8-6-13)11-14(9-10-26)17(12-3-4-12)20(18)25-31(2,28)29/h5-8,11-12,25-26H,3-4,9-10H2,1-2H3,(H,24,27). The number of amides is 1. The molecule has 0 spiro atoms. The number of furan rings is 1. The molecule has 1 saturated carbocycles. The van der Waals surface area contributed by atoms with E-state index in [1.165, 1.54) is 31.3 Å². The first-order valence-electron chi connectivity index (χ1n) is 9.92. The first-order valence-corrected chi connectivity index (χ1v) is 11.8. The van der Waals surface area contributed by atoms with Crippen molar-refractivity contribution in [1.82, 2.24) is 5.32 Å². The second-order valence-electron chi connectivity index (χ2n) is 7.71. The van der Waals surface area contributed by atoms with Gasteiger partial charge in [0.2, 0.25) is 10.0 Å². The summed E-state index contributed by atoms with van der Waals surface area (Å²) in [4.78, 5) is 12.9. The topological polar surface area (TPSA) is 109 Å². The molecule has 0 atom stereocenters. The molecule has 4 rings (SSSR count). The van der Waals surface area contributed by atoms with E-state index in [1.54, 1.807) is 6.07 Å². The molecule has 0 unspecified atom stereocenters. The fourth-order valence-electron chi connectivity index (χ4n) is 3.93. The predicted octanol–water partition coefficient (Wildman–Crippen LogP) is 3.38. The second kappa shape index (κ2) is 7.97. The van der Waals surface area contributed by atoms with Crippen LogP contribution < -0.4 is 10.0 Å². The van der Waals surface area contributed by atoms with Gasteiger partial charge in [-0.15, -0.1) is 0 Å². The molecule has 164 valence electrons. The van der Waals surface area contributed by atoms with Crippen LogP contribution in [0.3, 0.4) is 0 Å². The summed E-state index contributed by atoms with van der Waals surface area (Å²) in [6.45, 7) is -0.114. The predicted molar refractivity (Wildman–Crippen MR) is 116 cm³/mol. The summed E-state index contributed by atoms with van der Waals surface area (Å²) in [5, 5.41) is 12.5. The lowest BCUT2D eigenvalue weighted by Gasteiger charge is -2.17. The molecule has 0 saturated heterocycles. The number of hydrogen-bond acceptors (Lipinski definition) is 5. The normalized spacial score (nSPS) is 14.1. The highest BCUT2D eigenvalue weighted by Gasteiger charge is 2.34. The molecule has 1 heterocycles. The highest BCUT2D eigenvalue weighted by molar-refractivity contribution is 7.92. The van der Waals surface area contributed by atoms with Crippen LogP contribution in [0.5, 0.6) is 0 Å². The second-order valence-corrected chi connectivity index (χ2v) is 9.46. The summed E-state index contributed by atoms with van der Waals surface area (Å²) in [6, 6.07) is 7.28. The van der Waals surface area contributed by atoms with Gasteiger partial charge in [0, 0.05) is 19.2 Å². The largest absolute Gasteiger partial charge is 0.455 e. The first-order chi connectivity index (χ1) is 14.7. The van der Waals surface area contributed by atoms with Gasteiger partial charge in [0.1, 0.15) is 17.2 Å². The maximum atomic E-state index is 13.5. The SMILES string of the molecule is CNC(=O)c1c(-c2ccc(F)cc2)oc2cc(CCO)c(C3CC3)c(NS(C)(=O)=O)c12. The van der Waals surface area contributed by atoms with Gasteiger partial charge in [-0.05, 0) is 66.6 Å². The first kappa shape index (κ1) is 21.3. The van der Waals surface area contributed by atoms with E-state index < -0.39 is 21.7 Å². The van der Waals surface area contributed by atoms with Crippen LogP contribution in [0.25, 0.3) is 22.3 Å². The van der Waals surface area contributed by atoms with Gasteiger partial charge in [-0.3, -0.25) is 9.52 Å². The average molecular weight is 447 g/mol. The third-order valence-electron chi connectivity index (χ3n) is 5.32. The van der Waals surface area contributed by atoms with Crippen LogP contribution in [-0.4, -0.2) is 39.3 Å². The van der Waals surface area contributed by atoms with Gasteiger partial charge in [-0.2, -0.15) is 0 Å². The van der Waals surface area contributed by atoms with Crippen LogP contribution >= 0.6 is 0 Å². The van der Waals surface area contributed by atoms with Crippen molar-refractivity contribution in [3.05, 3.63) is 52.8 Å². The van der Waals surface area contributed by atoms with Crippen LogP contribution in [0.4, 0.5) is 10.1 Å². The van der Waals surface area contributed by atoms with Crippen molar-refractivity contribution in [3.63, 3.8) is 0 Å². The number of fused-ring (bicyclic) bond motifs is 1. The zero-order chi connectivity index (χ0) is 22.3. The number of carbonyl (C=O) groups is 1. The smallest absolute Gasteiger partial charge is 0.255 e. The van der Waals surface area contributed by atoms with Crippen LogP contribution in [0, 0.1) is 5.82 Å². The molecule has 0 aliphatic heterocycles. The van der Waals surface area contributed by atoms with E-state index in [-0.39, 0.29) is 23.8 Å². The maximum absolute atomic E-state index is 13.5. The third-order valence-corrected chi connectivity index (χ3v) is 5.90. The molecule has 1 aliphatic carbocycles. The Labute approximate surface area is 179 Å². The van der Waals surface area contributed by atoms with E-state index in [0.29, 0.717) is 28.6 Å². The van der Waals surface area contributed by atoms with Crippen molar-refractivity contribution >= 4 is 32.6 Å². The summed E-state index contributed by atoms with van der Waals surface area (Å²) in [5.41, 5.74) is 2.83. The number of benzene rings is 2.